The van der Waals surface area contributed by atoms with Gasteiger partial charge in [-0.3, -0.25) is 0 Å². The number of aromatic nitrogens is 2. The molecule has 0 amide bonds. The Morgan fingerprint density at radius 2 is 2.12 bits per heavy atom. The summed E-state index contributed by atoms with van der Waals surface area (Å²) in [6.07, 6.45) is 9.43. The molecule has 16 heavy (non-hydrogen) atoms. The van der Waals surface area contributed by atoms with Crippen LogP contribution in [-0.4, -0.2) is 15.1 Å². The second-order valence-corrected chi connectivity index (χ2v) is 5.87. The molecule has 0 aliphatic heterocycles. The molecule has 2 saturated carbocycles. The molecular formula is C13H21N3. The van der Waals surface area contributed by atoms with Crippen molar-refractivity contribution in [3.05, 3.63) is 18.2 Å². The molecule has 0 radical (unpaired) electrons. The van der Waals surface area contributed by atoms with Gasteiger partial charge in [0.05, 0.1) is 12.0 Å². The third-order valence-corrected chi connectivity index (χ3v) is 4.01. The molecule has 1 aromatic rings. The molecule has 0 spiro atoms. The van der Waals surface area contributed by atoms with E-state index in [2.05, 4.69) is 28.7 Å². The predicted octanol–water partition coefficient (Wildman–Crippen LogP) is 2.50. The molecule has 0 saturated heterocycles. The van der Waals surface area contributed by atoms with Gasteiger partial charge in [0.15, 0.2) is 0 Å². The van der Waals surface area contributed by atoms with Crippen LogP contribution >= 0.6 is 0 Å². The molecule has 2 aliphatic carbocycles. The second kappa shape index (κ2) is 3.59. The molecule has 3 heteroatoms. The van der Waals surface area contributed by atoms with E-state index in [0.717, 1.165) is 18.5 Å². The van der Waals surface area contributed by atoms with Crippen LogP contribution in [0.3, 0.4) is 0 Å². The summed E-state index contributed by atoms with van der Waals surface area (Å²) >= 11 is 0. The van der Waals surface area contributed by atoms with Crippen molar-refractivity contribution in [2.24, 2.45) is 5.92 Å². The first-order valence-electron chi connectivity index (χ1n) is 6.42. The van der Waals surface area contributed by atoms with E-state index in [-0.39, 0.29) is 0 Å². The van der Waals surface area contributed by atoms with Crippen molar-refractivity contribution < 1.29 is 0 Å². The largest absolute Gasteiger partial charge is 0.330 e. The topological polar surface area (TPSA) is 29.9 Å². The lowest BCUT2D eigenvalue weighted by Crippen LogP contribution is -2.41. The highest BCUT2D eigenvalue weighted by molar-refractivity contribution is 5.05. The maximum absolute atomic E-state index is 4.27. The summed E-state index contributed by atoms with van der Waals surface area (Å²) in [5, 5.41) is 3.69. The van der Waals surface area contributed by atoms with Crippen molar-refractivity contribution in [3.8, 4) is 0 Å². The molecule has 3 nitrogen and oxygen atoms in total. The van der Waals surface area contributed by atoms with Crippen LogP contribution in [-0.2, 0) is 6.54 Å². The van der Waals surface area contributed by atoms with Gasteiger partial charge in [0.2, 0.25) is 0 Å². The van der Waals surface area contributed by atoms with Crippen LogP contribution in [0.2, 0.25) is 0 Å². The third-order valence-electron chi connectivity index (χ3n) is 4.01. The van der Waals surface area contributed by atoms with E-state index < -0.39 is 0 Å². The van der Waals surface area contributed by atoms with Crippen molar-refractivity contribution >= 4 is 0 Å². The summed E-state index contributed by atoms with van der Waals surface area (Å²) in [7, 11) is 0. The Bertz CT molecular complexity index is 372. The van der Waals surface area contributed by atoms with Gasteiger partial charge in [-0.1, -0.05) is 0 Å². The van der Waals surface area contributed by atoms with Crippen molar-refractivity contribution in [1.82, 2.24) is 14.9 Å². The Morgan fingerprint density at radius 3 is 2.75 bits per heavy atom. The Kier molecular flexibility index (Phi) is 2.32. The van der Waals surface area contributed by atoms with E-state index in [9.17, 15) is 0 Å². The Labute approximate surface area is 97.3 Å². The van der Waals surface area contributed by atoms with E-state index in [4.69, 9.17) is 0 Å². The van der Waals surface area contributed by atoms with Gasteiger partial charge in [-0.05, 0) is 45.4 Å². The van der Waals surface area contributed by atoms with E-state index in [1.54, 1.807) is 0 Å². The van der Waals surface area contributed by atoms with E-state index >= 15 is 0 Å². The van der Waals surface area contributed by atoms with Crippen molar-refractivity contribution in [1.29, 1.82) is 0 Å². The molecule has 1 heterocycles. The lowest BCUT2D eigenvalue weighted by molar-refractivity contribution is 0.335. The molecular weight excluding hydrogens is 198 g/mol. The molecule has 88 valence electrons. The van der Waals surface area contributed by atoms with Crippen molar-refractivity contribution in [2.45, 2.75) is 57.7 Å². The first-order chi connectivity index (χ1) is 7.67. The van der Waals surface area contributed by atoms with Gasteiger partial charge in [-0.15, -0.1) is 0 Å². The van der Waals surface area contributed by atoms with Crippen molar-refractivity contribution in [3.63, 3.8) is 0 Å². The number of nitrogens with one attached hydrogen (secondary N) is 1. The van der Waals surface area contributed by atoms with Gasteiger partial charge in [0, 0.05) is 24.3 Å². The van der Waals surface area contributed by atoms with Crippen LogP contribution < -0.4 is 5.32 Å². The van der Waals surface area contributed by atoms with Crippen LogP contribution in [0.25, 0.3) is 0 Å². The minimum Gasteiger partial charge on any atom is -0.330 e. The monoisotopic (exact) mass is 219 g/mol. The SMILES string of the molecule is CC(C)(NCc1cncn1C1CC1)C1CC1. The zero-order valence-corrected chi connectivity index (χ0v) is 10.2. The molecule has 0 atom stereocenters. The van der Waals surface area contributed by atoms with Crippen LogP contribution in [0.4, 0.5) is 0 Å². The summed E-state index contributed by atoms with van der Waals surface area (Å²) in [6.45, 7) is 5.60. The summed E-state index contributed by atoms with van der Waals surface area (Å²) in [4.78, 5) is 4.27. The highest BCUT2D eigenvalue weighted by Crippen LogP contribution is 2.39. The normalized spacial score (nSPS) is 21.4. The smallest absolute Gasteiger partial charge is 0.0951 e. The summed E-state index contributed by atoms with van der Waals surface area (Å²) in [5.41, 5.74) is 1.63. The fraction of sp³-hybridized carbons (Fsp3) is 0.769. The average molecular weight is 219 g/mol. The highest BCUT2D eigenvalue weighted by Gasteiger charge is 2.37. The van der Waals surface area contributed by atoms with Gasteiger partial charge in [0.25, 0.3) is 0 Å². The number of imidazole rings is 1. The minimum absolute atomic E-state index is 0.290. The predicted molar refractivity (Wildman–Crippen MR) is 64.1 cm³/mol. The molecule has 0 aromatic carbocycles. The van der Waals surface area contributed by atoms with Gasteiger partial charge < -0.3 is 9.88 Å². The Morgan fingerprint density at radius 1 is 1.38 bits per heavy atom. The first kappa shape index (κ1) is 10.3. The van der Waals surface area contributed by atoms with Gasteiger partial charge >= 0.3 is 0 Å². The third kappa shape index (κ3) is 2.01. The lowest BCUT2D eigenvalue weighted by Gasteiger charge is -2.26. The lowest BCUT2D eigenvalue weighted by atomic mass is 9.99. The minimum atomic E-state index is 0.290. The average Bonchev–Trinajstić information content (AvgIpc) is 3.12. The summed E-state index contributed by atoms with van der Waals surface area (Å²) < 4.78 is 2.34. The van der Waals surface area contributed by atoms with E-state index in [1.165, 1.54) is 31.4 Å². The first-order valence-corrected chi connectivity index (χ1v) is 6.42. The Balaban J connectivity index is 1.63. The van der Waals surface area contributed by atoms with Gasteiger partial charge in [-0.25, -0.2) is 4.98 Å². The highest BCUT2D eigenvalue weighted by atomic mass is 15.1. The molecule has 1 aromatic heterocycles. The standard InChI is InChI=1S/C13H21N3/c1-13(2,10-3-4-10)15-8-12-7-14-9-16(12)11-5-6-11/h7,9-11,15H,3-6,8H2,1-2H3. The molecule has 3 rings (SSSR count). The number of rotatable bonds is 5. The molecule has 0 bridgehead atoms. The zero-order chi connectivity index (χ0) is 11.2. The quantitative estimate of drug-likeness (QED) is 0.824. The number of hydrogen-bond acceptors (Lipinski definition) is 2. The summed E-state index contributed by atoms with van der Waals surface area (Å²) in [6, 6.07) is 0.739. The molecule has 2 aliphatic rings. The maximum atomic E-state index is 4.27. The fourth-order valence-electron chi connectivity index (χ4n) is 2.42. The van der Waals surface area contributed by atoms with E-state index in [1.807, 2.05) is 12.5 Å². The van der Waals surface area contributed by atoms with Gasteiger partial charge in [-0.2, -0.15) is 0 Å². The number of nitrogens with zero attached hydrogens (tertiary/aromatic N) is 2. The van der Waals surface area contributed by atoms with E-state index in [0.29, 0.717) is 5.54 Å². The van der Waals surface area contributed by atoms with Crippen molar-refractivity contribution in [2.75, 3.05) is 0 Å². The number of hydrogen-bond donors (Lipinski definition) is 1. The molecule has 1 N–H and O–H groups in total. The Hall–Kier alpha value is -0.830. The van der Waals surface area contributed by atoms with Crippen LogP contribution in [0.5, 0.6) is 0 Å². The maximum Gasteiger partial charge on any atom is 0.0951 e. The fourth-order valence-corrected chi connectivity index (χ4v) is 2.42. The van der Waals surface area contributed by atoms with Crippen LogP contribution in [0, 0.1) is 5.92 Å². The molecule has 2 fully saturated rings. The second-order valence-electron chi connectivity index (χ2n) is 5.87. The zero-order valence-electron chi connectivity index (χ0n) is 10.2. The van der Waals surface area contributed by atoms with Crippen LogP contribution in [0.1, 0.15) is 51.3 Å². The van der Waals surface area contributed by atoms with Crippen LogP contribution in [0.15, 0.2) is 12.5 Å². The molecule has 0 unspecified atom stereocenters. The summed E-state index contributed by atoms with van der Waals surface area (Å²) in [5.74, 6) is 0.879. The van der Waals surface area contributed by atoms with Gasteiger partial charge in [0.1, 0.15) is 0 Å².